The molecule has 0 radical (unpaired) electrons. The SMILES string of the molecule is CNc1nc(C)c(C(=O)Nc2cccc(OC)c2)s1. The van der Waals surface area contributed by atoms with Crippen LogP contribution in [-0.2, 0) is 0 Å². The van der Waals surface area contributed by atoms with Gasteiger partial charge in [-0.2, -0.15) is 0 Å². The Bertz CT molecular complexity index is 595. The Kier molecular flexibility index (Phi) is 4.01. The second-order valence-corrected chi connectivity index (χ2v) is 4.87. The van der Waals surface area contributed by atoms with Crippen LogP contribution >= 0.6 is 11.3 Å². The summed E-state index contributed by atoms with van der Waals surface area (Å²) in [6.07, 6.45) is 0. The molecule has 1 aromatic carbocycles. The van der Waals surface area contributed by atoms with Crippen LogP contribution in [0.2, 0.25) is 0 Å². The number of nitrogens with zero attached hydrogens (tertiary/aromatic N) is 1. The van der Waals surface area contributed by atoms with E-state index in [1.807, 2.05) is 25.1 Å². The molecule has 0 saturated carbocycles. The molecular formula is C13H15N3O2S. The van der Waals surface area contributed by atoms with Crippen LogP contribution < -0.4 is 15.4 Å². The van der Waals surface area contributed by atoms with Crippen molar-refractivity contribution in [2.24, 2.45) is 0 Å². The van der Waals surface area contributed by atoms with E-state index in [1.54, 1.807) is 20.2 Å². The average Bonchev–Trinajstić information content (AvgIpc) is 2.80. The fraction of sp³-hybridized carbons (Fsp3) is 0.231. The van der Waals surface area contributed by atoms with Crippen molar-refractivity contribution in [3.63, 3.8) is 0 Å². The zero-order valence-corrected chi connectivity index (χ0v) is 11.8. The number of thiazole rings is 1. The molecule has 2 rings (SSSR count). The van der Waals surface area contributed by atoms with Gasteiger partial charge in [-0.1, -0.05) is 17.4 Å². The van der Waals surface area contributed by atoms with Crippen molar-refractivity contribution >= 4 is 28.1 Å². The van der Waals surface area contributed by atoms with Gasteiger partial charge in [-0.25, -0.2) is 4.98 Å². The van der Waals surface area contributed by atoms with E-state index in [9.17, 15) is 4.79 Å². The van der Waals surface area contributed by atoms with Gasteiger partial charge in [0.2, 0.25) is 0 Å². The van der Waals surface area contributed by atoms with Gasteiger partial charge >= 0.3 is 0 Å². The van der Waals surface area contributed by atoms with E-state index in [-0.39, 0.29) is 5.91 Å². The number of methoxy groups -OCH3 is 1. The molecule has 2 aromatic rings. The summed E-state index contributed by atoms with van der Waals surface area (Å²) in [4.78, 5) is 17.0. The predicted octanol–water partition coefficient (Wildman–Crippen LogP) is 2.75. The first-order chi connectivity index (χ1) is 9.13. The number of ether oxygens (including phenoxy) is 1. The molecule has 0 unspecified atom stereocenters. The summed E-state index contributed by atoms with van der Waals surface area (Å²) in [7, 11) is 3.37. The molecule has 0 bridgehead atoms. The standard InChI is InChI=1S/C13H15N3O2S/c1-8-11(19-13(14-2)15-8)12(17)16-9-5-4-6-10(7-9)18-3/h4-7H,1-3H3,(H,14,15)(H,16,17). The van der Waals surface area contributed by atoms with Crippen LogP contribution in [0.25, 0.3) is 0 Å². The van der Waals surface area contributed by atoms with E-state index >= 15 is 0 Å². The highest BCUT2D eigenvalue weighted by Gasteiger charge is 2.15. The van der Waals surface area contributed by atoms with E-state index in [4.69, 9.17) is 4.74 Å². The Balaban J connectivity index is 2.17. The minimum absolute atomic E-state index is 0.162. The molecule has 0 aliphatic rings. The van der Waals surface area contributed by atoms with Crippen LogP contribution in [0.3, 0.4) is 0 Å². The molecule has 1 heterocycles. The number of benzene rings is 1. The lowest BCUT2D eigenvalue weighted by Crippen LogP contribution is -2.11. The van der Waals surface area contributed by atoms with Gasteiger partial charge in [-0.05, 0) is 19.1 Å². The molecule has 6 heteroatoms. The number of rotatable bonds is 4. The van der Waals surface area contributed by atoms with Crippen LogP contribution in [0.1, 0.15) is 15.4 Å². The number of anilines is 2. The van der Waals surface area contributed by atoms with Crippen LogP contribution in [0.15, 0.2) is 24.3 Å². The highest BCUT2D eigenvalue weighted by molar-refractivity contribution is 7.17. The molecule has 1 amide bonds. The zero-order valence-electron chi connectivity index (χ0n) is 11.0. The highest BCUT2D eigenvalue weighted by atomic mass is 32.1. The minimum atomic E-state index is -0.162. The summed E-state index contributed by atoms with van der Waals surface area (Å²) in [5.41, 5.74) is 1.41. The molecule has 0 atom stereocenters. The lowest BCUT2D eigenvalue weighted by atomic mass is 10.3. The second kappa shape index (κ2) is 5.71. The molecule has 0 saturated heterocycles. The second-order valence-electron chi connectivity index (χ2n) is 3.87. The number of nitrogens with one attached hydrogen (secondary N) is 2. The van der Waals surface area contributed by atoms with Crippen molar-refractivity contribution < 1.29 is 9.53 Å². The molecule has 1 aromatic heterocycles. The first kappa shape index (κ1) is 13.4. The molecular weight excluding hydrogens is 262 g/mol. The Morgan fingerprint density at radius 2 is 2.21 bits per heavy atom. The summed E-state index contributed by atoms with van der Waals surface area (Å²) < 4.78 is 5.12. The topological polar surface area (TPSA) is 63.2 Å². The van der Waals surface area contributed by atoms with Gasteiger partial charge in [0, 0.05) is 18.8 Å². The van der Waals surface area contributed by atoms with Gasteiger partial charge in [0.25, 0.3) is 5.91 Å². The zero-order chi connectivity index (χ0) is 13.8. The average molecular weight is 277 g/mol. The van der Waals surface area contributed by atoms with Gasteiger partial charge in [-0.15, -0.1) is 0 Å². The number of aryl methyl sites for hydroxylation is 1. The van der Waals surface area contributed by atoms with Crippen molar-refractivity contribution in [2.45, 2.75) is 6.92 Å². The summed E-state index contributed by atoms with van der Waals surface area (Å²) in [5.74, 6) is 0.541. The maximum atomic E-state index is 12.2. The predicted molar refractivity (Wildman–Crippen MR) is 77.3 cm³/mol. The largest absolute Gasteiger partial charge is 0.497 e. The number of amides is 1. The quantitative estimate of drug-likeness (QED) is 0.902. The Labute approximate surface area is 115 Å². The fourth-order valence-corrected chi connectivity index (χ4v) is 2.42. The van der Waals surface area contributed by atoms with E-state index in [0.29, 0.717) is 16.3 Å². The molecule has 100 valence electrons. The summed E-state index contributed by atoms with van der Waals surface area (Å²) in [6, 6.07) is 7.24. The van der Waals surface area contributed by atoms with Crippen LogP contribution in [-0.4, -0.2) is 25.0 Å². The third-order valence-corrected chi connectivity index (χ3v) is 3.72. The van der Waals surface area contributed by atoms with Gasteiger partial charge < -0.3 is 15.4 Å². The molecule has 0 aliphatic carbocycles. The third-order valence-electron chi connectivity index (χ3n) is 2.54. The first-order valence-electron chi connectivity index (χ1n) is 5.74. The maximum absolute atomic E-state index is 12.2. The Morgan fingerprint density at radius 3 is 2.84 bits per heavy atom. The normalized spacial score (nSPS) is 10.1. The Hall–Kier alpha value is -2.08. The molecule has 2 N–H and O–H groups in total. The number of carbonyl (C=O) groups excluding carboxylic acids is 1. The van der Waals surface area contributed by atoms with Gasteiger partial charge in [0.05, 0.1) is 12.8 Å². The van der Waals surface area contributed by atoms with E-state index in [2.05, 4.69) is 15.6 Å². The summed E-state index contributed by atoms with van der Waals surface area (Å²) >= 11 is 1.33. The van der Waals surface area contributed by atoms with E-state index in [0.717, 1.165) is 10.8 Å². The van der Waals surface area contributed by atoms with Crippen molar-refractivity contribution in [3.05, 3.63) is 34.8 Å². The van der Waals surface area contributed by atoms with Crippen molar-refractivity contribution in [3.8, 4) is 5.75 Å². The van der Waals surface area contributed by atoms with Crippen molar-refractivity contribution in [1.82, 2.24) is 4.98 Å². The number of hydrogen-bond donors (Lipinski definition) is 2. The fourth-order valence-electron chi connectivity index (χ4n) is 1.60. The minimum Gasteiger partial charge on any atom is -0.497 e. The molecule has 0 aliphatic heterocycles. The monoisotopic (exact) mass is 277 g/mol. The van der Waals surface area contributed by atoms with E-state index in [1.165, 1.54) is 11.3 Å². The van der Waals surface area contributed by atoms with Crippen molar-refractivity contribution in [1.29, 1.82) is 0 Å². The number of carbonyl (C=O) groups is 1. The Morgan fingerprint density at radius 1 is 1.42 bits per heavy atom. The summed E-state index contributed by atoms with van der Waals surface area (Å²) in [6.45, 7) is 1.82. The number of aromatic nitrogens is 1. The van der Waals surface area contributed by atoms with E-state index < -0.39 is 0 Å². The first-order valence-corrected chi connectivity index (χ1v) is 6.56. The highest BCUT2D eigenvalue weighted by Crippen LogP contribution is 2.24. The van der Waals surface area contributed by atoms with Gasteiger partial charge in [0.15, 0.2) is 5.13 Å². The lowest BCUT2D eigenvalue weighted by molar-refractivity contribution is 0.103. The maximum Gasteiger partial charge on any atom is 0.267 e. The van der Waals surface area contributed by atoms with Gasteiger partial charge in [-0.3, -0.25) is 4.79 Å². The van der Waals surface area contributed by atoms with Crippen LogP contribution in [0, 0.1) is 6.92 Å². The van der Waals surface area contributed by atoms with Gasteiger partial charge in [0.1, 0.15) is 10.6 Å². The van der Waals surface area contributed by atoms with Crippen LogP contribution in [0.4, 0.5) is 10.8 Å². The molecule has 0 fully saturated rings. The number of hydrogen-bond acceptors (Lipinski definition) is 5. The molecule has 5 nitrogen and oxygen atoms in total. The molecule has 19 heavy (non-hydrogen) atoms. The third kappa shape index (κ3) is 3.03. The lowest BCUT2D eigenvalue weighted by Gasteiger charge is -2.05. The smallest absolute Gasteiger partial charge is 0.267 e. The van der Waals surface area contributed by atoms with Crippen molar-refractivity contribution in [2.75, 3.05) is 24.8 Å². The molecule has 0 spiro atoms. The summed E-state index contributed by atoms with van der Waals surface area (Å²) in [5, 5.41) is 6.50. The van der Waals surface area contributed by atoms with Crippen LogP contribution in [0.5, 0.6) is 5.75 Å².